The number of rotatable bonds is 7. The second kappa shape index (κ2) is 10.2. The molecule has 1 atom stereocenters. The zero-order valence-corrected chi connectivity index (χ0v) is 18.5. The average molecular weight is 457 g/mol. The van der Waals surface area contributed by atoms with E-state index in [-0.39, 0.29) is 30.3 Å². The zero-order chi connectivity index (χ0) is 22.4. The first-order valence-corrected chi connectivity index (χ1v) is 10.7. The molecule has 0 aliphatic carbocycles. The Morgan fingerprint density at radius 2 is 1.87 bits per heavy atom. The minimum absolute atomic E-state index is 0.0831. The first-order valence-electron chi connectivity index (χ1n) is 9.48. The Hall–Kier alpha value is -3.23. The molecule has 3 rings (SSSR count). The van der Waals surface area contributed by atoms with Gasteiger partial charge in [-0.25, -0.2) is 4.98 Å². The Balaban J connectivity index is 1.55. The van der Waals surface area contributed by atoms with Gasteiger partial charge in [0.2, 0.25) is 11.8 Å². The summed E-state index contributed by atoms with van der Waals surface area (Å²) in [4.78, 5) is 39.9. The maximum atomic E-state index is 12.1. The minimum Gasteiger partial charge on any atom is -0.350 e. The normalized spacial score (nSPS) is 11.5. The third-order valence-corrected chi connectivity index (χ3v) is 5.37. The largest absolute Gasteiger partial charge is 0.350 e. The third-order valence-electron chi connectivity index (χ3n) is 4.37. The molecule has 0 radical (unpaired) electrons. The summed E-state index contributed by atoms with van der Waals surface area (Å²) in [6.45, 7) is 3.22. The lowest BCUT2D eigenvalue weighted by atomic mass is 10.1. The van der Waals surface area contributed by atoms with Crippen LogP contribution in [0.4, 0.5) is 5.13 Å². The highest BCUT2D eigenvalue weighted by molar-refractivity contribution is 7.14. The highest BCUT2D eigenvalue weighted by Crippen LogP contribution is 2.26. The van der Waals surface area contributed by atoms with Crippen LogP contribution in [0.25, 0.3) is 11.3 Å². The monoisotopic (exact) mass is 456 g/mol. The van der Waals surface area contributed by atoms with Gasteiger partial charge in [0.15, 0.2) is 5.13 Å². The summed E-state index contributed by atoms with van der Waals surface area (Å²) in [5.74, 6) is -0.845. The molecule has 9 heteroatoms. The molecule has 160 valence electrons. The van der Waals surface area contributed by atoms with Gasteiger partial charge in [0.25, 0.3) is 5.91 Å². The van der Waals surface area contributed by atoms with Gasteiger partial charge in [-0.05, 0) is 30.7 Å². The predicted molar refractivity (Wildman–Crippen MR) is 122 cm³/mol. The van der Waals surface area contributed by atoms with Gasteiger partial charge in [0, 0.05) is 28.5 Å². The number of anilines is 1. The summed E-state index contributed by atoms with van der Waals surface area (Å²) < 4.78 is 0. The van der Waals surface area contributed by atoms with Gasteiger partial charge in [0.1, 0.15) is 0 Å². The number of aromatic nitrogens is 1. The molecule has 0 bridgehead atoms. The van der Waals surface area contributed by atoms with Crippen LogP contribution in [0, 0.1) is 0 Å². The van der Waals surface area contributed by atoms with Crippen LogP contribution in [-0.4, -0.2) is 29.3 Å². The Morgan fingerprint density at radius 1 is 1.13 bits per heavy atom. The van der Waals surface area contributed by atoms with E-state index in [9.17, 15) is 14.4 Å². The maximum absolute atomic E-state index is 12.1. The number of nitrogens with one attached hydrogen (secondary N) is 3. The molecule has 1 heterocycles. The van der Waals surface area contributed by atoms with Crippen LogP contribution in [0.5, 0.6) is 0 Å². The molecular formula is C22H21ClN4O3S. The molecule has 1 aromatic heterocycles. The van der Waals surface area contributed by atoms with Gasteiger partial charge >= 0.3 is 0 Å². The van der Waals surface area contributed by atoms with Crippen molar-refractivity contribution in [1.29, 1.82) is 0 Å². The van der Waals surface area contributed by atoms with Crippen molar-refractivity contribution >= 4 is 45.8 Å². The molecular weight excluding hydrogens is 436 g/mol. The van der Waals surface area contributed by atoms with Crippen LogP contribution in [-0.2, 0) is 9.59 Å². The fourth-order valence-corrected chi connectivity index (χ4v) is 3.78. The van der Waals surface area contributed by atoms with Crippen molar-refractivity contribution in [3.63, 3.8) is 0 Å². The molecule has 31 heavy (non-hydrogen) atoms. The number of nitrogens with zero attached hydrogens (tertiary/aromatic N) is 1. The van der Waals surface area contributed by atoms with Gasteiger partial charge in [-0.15, -0.1) is 11.3 Å². The van der Waals surface area contributed by atoms with Crippen molar-refractivity contribution in [1.82, 2.24) is 15.6 Å². The first kappa shape index (κ1) is 22.5. The lowest BCUT2D eigenvalue weighted by molar-refractivity contribution is -0.119. The lowest BCUT2D eigenvalue weighted by Crippen LogP contribution is -2.32. The highest BCUT2D eigenvalue weighted by atomic mass is 35.5. The van der Waals surface area contributed by atoms with E-state index in [2.05, 4.69) is 20.9 Å². The number of carbonyl (C=O) groups is 3. The number of benzene rings is 2. The van der Waals surface area contributed by atoms with E-state index in [1.54, 1.807) is 18.2 Å². The van der Waals surface area contributed by atoms with Gasteiger partial charge in [-0.3, -0.25) is 14.4 Å². The maximum Gasteiger partial charge on any atom is 0.251 e. The van der Waals surface area contributed by atoms with E-state index in [1.807, 2.05) is 36.6 Å². The van der Waals surface area contributed by atoms with Crippen molar-refractivity contribution in [2.75, 3.05) is 11.9 Å². The van der Waals surface area contributed by atoms with Crippen LogP contribution in [0.3, 0.4) is 0 Å². The van der Waals surface area contributed by atoms with Gasteiger partial charge < -0.3 is 16.0 Å². The molecule has 3 aromatic rings. The fourth-order valence-electron chi connectivity index (χ4n) is 2.85. The van der Waals surface area contributed by atoms with E-state index >= 15 is 0 Å². The number of carbonyl (C=O) groups excluding carboxylic acids is 3. The second-order valence-corrected chi connectivity index (χ2v) is 8.12. The molecule has 3 N–H and O–H groups in total. The Morgan fingerprint density at radius 3 is 2.55 bits per heavy atom. The molecule has 0 aliphatic rings. The van der Waals surface area contributed by atoms with Crippen LogP contribution >= 0.6 is 22.9 Å². The van der Waals surface area contributed by atoms with Crippen LogP contribution < -0.4 is 16.0 Å². The van der Waals surface area contributed by atoms with Gasteiger partial charge in [0.05, 0.1) is 18.3 Å². The van der Waals surface area contributed by atoms with E-state index in [4.69, 9.17) is 11.6 Å². The van der Waals surface area contributed by atoms with E-state index in [0.29, 0.717) is 15.7 Å². The highest BCUT2D eigenvalue weighted by Gasteiger charge is 2.12. The Kier molecular flexibility index (Phi) is 7.38. The van der Waals surface area contributed by atoms with Gasteiger partial charge in [-0.2, -0.15) is 0 Å². The smallest absolute Gasteiger partial charge is 0.251 e. The third kappa shape index (κ3) is 6.37. The molecule has 1 unspecified atom stereocenters. The molecule has 0 spiro atoms. The zero-order valence-electron chi connectivity index (χ0n) is 16.9. The van der Waals surface area contributed by atoms with Crippen LogP contribution in [0.15, 0.2) is 53.9 Å². The summed E-state index contributed by atoms with van der Waals surface area (Å²) in [6.07, 6.45) is 0. The number of amides is 3. The lowest BCUT2D eigenvalue weighted by Gasteiger charge is -2.13. The minimum atomic E-state index is -0.383. The fraction of sp³-hybridized carbons (Fsp3) is 0.182. The topological polar surface area (TPSA) is 100 Å². The van der Waals surface area contributed by atoms with Gasteiger partial charge in [-0.1, -0.05) is 41.9 Å². The Labute approximate surface area is 188 Å². The molecule has 0 fully saturated rings. The standard InChI is InChI=1S/C22H21ClN4O3S/c1-13(25-14(2)28)15-6-8-16(9-7-15)19-12-31-22(26-19)27-20(29)11-24-21(30)17-4-3-5-18(23)10-17/h3-10,12-13H,11H2,1-2H3,(H,24,30)(H,25,28)(H,26,27,29). The summed E-state index contributed by atoms with van der Waals surface area (Å²) in [6, 6.07) is 14.1. The Bertz CT molecular complexity index is 1100. The number of halogens is 1. The molecule has 7 nitrogen and oxygen atoms in total. The summed E-state index contributed by atoms with van der Waals surface area (Å²) >= 11 is 7.17. The SMILES string of the molecule is CC(=O)NC(C)c1ccc(-c2csc(NC(=O)CNC(=O)c3cccc(Cl)c3)n2)cc1. The molecule has 2 aromatic carbocycles. The second-order valence-electron chi connectivity index (χ2n) is 6.82. The summed E-state index contributed by atoms with van der Waals surface area (Å²) in [5.41, 5.74) is 2.98. The summed E-state index contributed by atoms with van der Waals surface area (Å²) in [7, 11) is 0. The van der Waals surface area contributed by atoms with Crippen molar-refractivity contribution in [2.45, 2.75) is 19.9 Å². The van der Waals surface area contributed by atoms with Crippen molar-refractivity contribution < 1.29 is 14.4 Å². The predicted octanol–water partition coefficient (Wildman–Crippen LogP) is 4.03. The molecule has 0 aliphatic heterocycles. The quantitative estimate of drug-likeness (QED) is 0.499. The molecule has 0 saturated carbocycles. The first-order chi connectivity index (χ1) is 14.8. The summed E-state index contributed by atoms with van der Waals surface area (Å²) in [5, 5.41) is 10.8. The number of thiazole rings is 1. The number of hydrogen-bond acceptors (Lipinski definition) is 5. The van der Waals surface area contributed by atoms with Crippen molar-refractivity contribution in [3.05, 3.63) is 70.1 Å². The van der Waals surface area contributed by atoms with E-state index in [0.717, 1.165) is 16.8 Å². The van der Waals surface area contributed by atoms with Crippen molar-refractivity contribution in [3.8, 4) is 11.3 Å². The van der Waals surface area contributed by atoms with Crippen LogP contribution in [0.2, 0.25) is 5.02 Å². The van der Waals surface area contributed by atoms with E-state index < -0.39 is 0 Å². The van der Waals surface area contributed by atoms with Crippen LogP contribution in [0.1, 0.15) is 35.8 Å². The average Bonchev–Trinajstić information content (AvgIpc) is 3.20. The van der Waals surface area contributed by atoms with Crippen molar-refractivity contribution in [2.24, 2.45) is 0 Å². The molecule has 0 saturated heterocycles. The van der Waals surface area contributed by atoms with E-state index in [1.165, 1.54) is 24.3 Å². The number of hydrogen-bond donors (Lipinski definition) is 3. The molecule has 3 amide bonds.